The fourth-order valence-corrected chi connectivity index (χ4v) is 3.94. The summed E-state index contributed by atoms with van der Waals surface area (Å²) < 4.78 is 1.81. The van der Waals surface area contributed by atoms with Crippen molar-refractivity contribution in [2.75, 3.05) is 11.1 Å². The lowest BCUT2D eigenvalue weighted by Crippen LogP contribution is -2.16. The number of benzene rings is 1. The minimum absolute atomic E-state index is 0.0815. The van der Waals surface area contributed by atoms with Gasteiger partial charge in [-0.1, -0.05) is 41.7 Å². The molecule has 1 amide bonds. The van der Waals surface area contributed by atoms with Crippen LogP contribution in [0.2, 0.25) is 0 Å². The molecule has 0 atom stereocenters. The molecule has 0 spiro atoms. The molecule has 7 heteroatoms. The molecule has 1 N–H and O–H groups in total. The average molecular weight is 394 g/mol. The smallest absolute Gasteiger partial charge is 0.235 e. The van der Waals surface area contributed by atoms with Gasteiger partial charge in [0, 0.05) is 16.4 Å². The van der Waals surface area contributed by atoms with Crippen LogP contribution in [0.15, 0.2) is 52.1 Å². The lowest BCUT2D eigenvalue weighted by atomic mass is 10.2. The molecule has 2 aromatic rings. The number of hydrogen-bond acceptors (Lipinski definition) is 5. The van der Waals surface area contributed by atoms with Gasteiger partial charge in [-0.05, 0) is 39.7 Å². The van der Waals surface area contributed by atoms with E-state index in [0.717, 1.165) is 20.3 Å². The van der Waals surface area contributed by atoms with E-state index in [0.29, 0.717) is 11.6 Å². The second kappa shape index (κ2) is 7.30. The zero-order valence-electron chi connectivity index (χ0n) is 11.5. The maximum absolute atomic E-state index is 11.9. The van der Waals surface area contributed by atoms with E-state index in [4.69, 9.17) is 0 Å². The van der Waals surface area contributed by atoms with Crippen LogP contribution in [-0.2, 0) is 10.5 Å². The van der Waals surface area contributed by atoms with Gasteiger partial charge in [0.2, 0.25) is 5.91 Å². The van der Waals surface area contributed by atoms with Gasteiger partial charge < -0.3 is 5.32 Å². The molecule has 0 fully saturated rings. The number of carbonyl (C=O) groups excluding carboxylic acids is 1. The van der Waals surface area contributed by atoms with Crippen molar-refractivity contribution < 1.29 is 4.79 Å². The Morgan fingerprint density at radius 1 is 1.32 bits per heavy atom. The van der Waals surface area contributed by atoms with Crippen molar-refractivity contribution in [1.29, 1.82) is 0 Å². The highest BCUT2D eigenvalue weighted by Crippen LogP contribution is 2.34. The number of aliphatic imine (C=N–C) groups is 1. The summed E-state index contributed by atoms with van der Waals surface area (Å²) in [7, 11) is 0. The number of para-hydroxylation sites is 1. The third kappa shape index (κ3) is 4.12. The summed E-state index contributed by atoms with van der Waals surface area (Å²) in [5.74, 6) is 1.70. The number of rotatable bonds is 3. The number of nitrogens with zero attached hydrogens (tertiary/aromatic N) is 2. The second-order valence-corrected chi connectivity index (χ2v) is 7.60. The SMILES string of the molecule is O=C(CSC1=Nc2ccccc2CS1)Nc1ccc(Br)cn1. The molecule has 0 aliphatic carbocycles. The molecule has 22 heavy (non-hydrogen) atoms. The number of aromatic nitrogens is 1. The third-order valence-corrected chi connectivity index (χ3v) is 5.59. The second-order valence-electron chi connectivity index (χ2n) is 4.49. The van der Waals surface area contributed by atoms with Crippen LogP contribution in [0.25, 0.3) is 0 Å². The van der Waals surface area contributed by atoms with Crippen molar-refractivity contribution in [1.82, 2.24) is 4.98 Å². The zero-order valence-corrected chi connectivity index (χ0v) is 14.7. The van der Waals surface area contributed by atoms with Crippen molar-refractivity contribution in [3.8, 4) is 0 Å². The molecule has 3 rings (SSSR count). The number of anilines is 1. The largest absolute Gasteiger partial charge is 0.310 e. The molecule has 0 radical (unpaired) electrons. The van der Waals surface area contributed by atoms with E-state index in [2.05, 4.69) is 37.3 Å². The number of nitrogens with one attached hydrogen (secondary N) is 1. The fourth-order valence-electron chi connectivity index (χ4n) is 1.84. The zero-order chi connectivity index (χ0) is 15.4. The summed E-state index contributed by atoms with van der Waals surface area (Å²) in [6, 6.07) is 11.7. The van der Waals surface area contributed by atoms with Gasteiger partial charge in [0.05, 0.1) is 11.4 Å². The van der Waals surface area contributed by atoms with Crippen LogP contribution in [0.4, 0.5) is 11.5 Å². The fraction of sp³-hybridized carbons (Fsp3) is 0.133. The summed E-state index contributed by atoms with van der Waals surface area (Å²) in [5, 5.41) is 2.77. The standard InChI is InChI=1S/C15H12BrN3OS2/c16-11-5-6-13(17-7-11)19-14(20)9-22-15-18-12-4-2-1-3-10(12)8-21-15/h1-7H,8-9H2,(H,17,19,20). The molecule has 1 aliphatic heterocycles. The molecular formula is C15H12BrN3OS2. The van der Waals surface area contributed by atoms with Gasteiger partial charge in [-0.2, -0.15) is 0 Å². The van der Waals surface area contributed by atoms with Crippen molar-refractivity contribution >= 4 is 61.2 Å². The summed E-state index contributed by atoms with van der Waals surface area (Å²) in [6.07, 6.45) is 1.65. The molecule has 4 nitrogen and oxygen atoms in total. The maximum atomic E-state index is 11.9. The number of halogens is 1. The quantitative estimate of drug-likeness (QED) is 0.836. The van der Waals surface area contributed by atoms with Crippen LogP contribution >= 0.6 is 39.5 Å². The van der Waals surface area contributed by atoms with E-state index in [9.17, 15) is 4.79 Å². The van der Waals surface area contributed by atoms with Crippen LogP contribution in [-0.4, -0.2) is 21.0 Å². The van der Waals surface area contributed by atoms with Gasteiger partial charge in [-0.15, -0.1) is 0 Å². The molecule has 1 aromatic carbocycles. The number of hydrogen-bond donors (Lipinski definition) is 1. The van der Waals surface area contributed by atoms with Gasteiger partial charge in [0.25, 0.3) is 0 Å². The van der Waals surface area contributed by atoms with Crippen molar-refractivity contribution in [3.05, 3.63) is 52.6 Å². The van der Waals surface area contributed by atoms with E-state index >= 15 is 0 Å². The van der Waals surface area contributed by atoms with Crippen molar-refractivity contribution in [2.45, 2.75) is 5.75 Å². The van der Waals surface area contributed by atoms with E-state index in [1.54, 1.807) is 24.0 Å². The van der Waals surface area contributed by atoms with Gasteiger partial charge in [0.15, 0.2) is 0 Å². The van der Waals surface area contributed by atoms with Gasteiger partial charge in [-0.25, -0.2) is 9.98 Å². The number of carbonyl (C=O) groups is 1. The minimum Gasteiger partial charge on any atom is -0.310 e. The van der Waals surface area contributed by atoms with E-state index < -0.39 is 0 Å². The summed E-state index contributed by atoms with van der Waals surface area (Å²) in [6.45, 7) is 0. The molecule has 0 bridgehead atoms. The number of pyridine rings is 1. The third-order valence-electron chi connectivity index (χ3n) is 2.88. The Hall–Kier alpha value is -1.31. The lowest BCUT2D eigenvalue weighted by molar-refractivity contribution is -0.113. The number of thioether (sulfide) groups is 2. The van der Waals surface area contributed by atoms with E-state index in [1.807, 2.05) is 24.3 Å². The van der Waals surface area contributed by atoms with Crippen molar-refractivity contribution in [2.24, 2.45) is 4.99 Å². The highest BCUT2D eigenvalue weighted by Gasteiger charge is 2.14. The lowest BCUT2D eigenvalue weighted by Gasteiger charge is -2.13. The Kier molecular flexibility index (Phi) is 5.17. The molecule has 0 unspecified atom stereocenters. The van der Waals surface area contributed by atoms with E-state index in [1.165, 1.54) is 17.3 Å². The van der Waals surface area contributed by atoms with Crippen LogP contribution in [0.3, 0.4) is 0 Å². The van der Waals surface area contributed by atoms with Crippen LogP contribution in [0.5, 0.6) is 0 Å². The number of fused-ring (bicyclic) bond motifs is 1. The van der Waals surface area contributed by atoms with E-state index in [-0.39, 0.29) is 5.91 Å². The summed E-state index contributed by atoms with van der Waals surface area (Å²) in [4.78, 5) is 20.6. The van der Waals surface area contributed by atoms with Gasteiger partial charge >= 0.3 is 0 Å². The highest BCUT2D eigenvalue weighted by molar-refractivity contribution is 9.10. The van der Waals surface area contributed by atoms with Gasteiger partial charge in [0.1, 0.15) is 10.2 Å². The topological polar surface area (TPSA) is 54.4 Å². The van der Waals surface area contributed by atoms with Crippen molar-refractivity contribution in [3.63, 3.8) is 0 Å². The minimum atomic E-state index is -0.0815. The summed E-state index contributed by atoms with van der Waals surface area (Å²) in [5.41, 5.74) is 2.24. The Labute approximate surface area is 145 Å². The highest BCUT2D eigenvalue weighted by atomic mass is 79.9. The molecule has 0 saturated heterocycles. The molecule has 1 aromatic heterocycles. The Morgan fingerprint density at radius 3 is 3.00 bits per heavy atom. The van der Waals surface area contributed by atoms with Crippen LogP contribution in [0, 0.1) is 0 Å². The first-order valence-electron chi connectivity index (χ1n) is 6.54. The van der Waals surface area contributed by atoms with Gasteiger partial charge in [-0.3, -0.25) is 4.79 Å². The summed E-state index contributed by atoms with van der Waals surface area (Å²) >= 11 is 6.43. The Balaban J connectivity index is 1.55. The molecule has 1 aliphatic rings. The normalized spacial score (nSPS) is 13.2. The average Bonchev–Trinajstić information content (AvgIpc) is 2.55. The Bertz CT molecular complexity index is 719. The molecule has 2 heterocycles. The first kappa shape index (κ1) is 15.6. The maximum Gasteiger partial charge on any atom is 0.235 e. The predicted octanol–water partition coefficient (Wildman–Crippen LogP) is 4.45. The number of amides is 1. The van der Waals surface area contributed by atoms with Crippen LogP contribution in [0.1, 0.15) is 5.56 Å². The monoisotopic (exact) mass is 393 g/mol. The first-order valence-corrected chi connectivity index (χ1v) is 9.31. The first-order chi connectivity index (χ1) is 10.7. The molecular weight excluding hydrogens is 382 g/mol. The van der Waals surface area contributed by atoms with Crippen LogP contribution < -0.4 is 5.32 Å². The molecule has 0 saturated carbocycles. The Morgan fingerprint density at radius 2 is 2.18 bits per heavy atom. The molecule has 112 valence electrons. The predicted molar refractivity (Wildman–Crippen MR) is 97.9 cm³/mol.